The molecule has 0 aliphatic heterocycles. The second kappa shape index (κ2) is 6.96. The number of aromatic nitrogens is 1. The minimum atomic E-state index is 0.0631. The summed E-state index contributed by atoms with van der Waals surface area (Å²) in [6.45, 7) is 2.28. The predicted molar refractivity (Wildman–Crippen MR) is 83.9 cm³/mol. The summed E-state index contributed by atoms with van der Waals surface area (Å²) in [5.41, 5.74) is 1.34. The molecule has 0 radical (unpaired) electrons. The van der Waals surface area contributed by atoms with Crippen molar-refractivity contribution in [2.75, 3.05) is 33.1 Å². The lowest BCUT2D eigenvalue weighted by atomic mass is 10.0. The number of likely N-dealkylation sites (N-methyl/N-ethyl adjacent to an activating group) is 1. The maximum atomic E-state index is 9.06. The second-order valence-corrected chi connectivity index (χ2v) is 5.12. The van der Waals surface area contributed by atoms with Gasteiger partial charge in [-0.1, -0.05) is 18.2 Å². The van der Waals surface area contributed by atoms with E-state index < -0.39 is 0 Å². The van der Waals surface area contributed by atoms with Gasteiger partial charge in [-0.3, -0.25) is 0 Å². The molecular weight excluding hydrogens is 280 g/mol. The van der Waals surface area contributed by atoms with Crippen molar-refractivity contribution < 1.29 is 9.15 Å². The number of aryl methyl sites for hydroxylation is 1. The van der Waals surface area contributed by atoms with Gasteiger partial charge in [0.05, 0.1) is 13.2 Å². The van der Waals surface area contributed by atoms with Crippen LogP contribution in [0.1, 0.15) is 23.2 Å². The summed E-state index contributed by atoms with van der Waals surface area (Å²) in [4.78, 5) is 6.11. The topological polar surface area (TPSA) is 74.3 Å². The minimum absolute atomic E-state index is 0.0631. The van der Waals surface area contributed by atoms with Gasteiger partial charge in [-0.15, -0.1) is 0 Å². The standard InChI is InChI=1S/C16H20N4O2/c1-11-19-13(9-17)16(22-11)18-10-14(20(2)3)12-7-5-6-8-15(12)21-4/h5-8,14,18H,10H2,1-4H3/t14-/m1/s1. The van der Waals surface area contributed by atoms with Gasteiger partial charge in [0.25, 0.3) is 0 Å². The number of nitriles is 1. The van der Waals surface area contributed by atoms with Crippen molar-refractivity contribution in [2.24, 2.45) is 0 Å². The van der Waals surface area contributed by atoms with E-state index in [2.05, 4.69) is 15.2 Å². The summed E-state index contributed by atoms with van der Waals surface area (Å²) in [5.74, 6) is 1.71. The number of hydrogen-bond acceptors (Lipinski definition) is 6. The van der Waals surface area contributed by atoms with Crippen LogP contribution < -0.4 is 10.1 Å². The molecule has 1 aromatic carbocycles. The first kappa shape index (κ1) is 15.9. The zero-order chi connectivity index (χ0) is 16.1. The van der Waals surface area contributed by atoms with Gasteiger partial charge >= 0.3 is 0 Å². The van der Waals surface area contributed by atoms with Gasteiger partial charge in [0, 0.05) is 19.0 Å². The Hall–Kier alpha value is -2.52. The van der Waals surface area contributed by atoms with E-state index in [4.69, 9.17) is 14.4 Å². The summed E-state index contributed by atoms with van der Waals surface area (Å²) in [5, 5.41) is 12.2. The van der Waals surface area contributed by atoms with Gasteiger partial charge in [-0.2, -0.15) is 5.26 Å². The van der Waals surface area contributed by atoms with Gasteiger partial charge in [0.2, 0.25) is 11.6 Å². The number of anilines is 1. The van der Waals surface area contributed by atoms with Crippen molar-refractivity contribution in [1.82, 2.24) is 9.88 Å². The van der Waals surface area contributed by atoms with Crippen LogP contribution in [0, 0.1) is 18.3 Å². The molecule has 0 unspecified atom stereocenters. The molecule has 0 aliphatic carbocycles. The highest BCUT2D eigenvalue weighted by atomic mass is 16.5. The molecule has 0 bridgehead atoms. The Bertz CT molecular complexity index is 673. The van der Waals surface area contributed by atoms with Crippen molar-refractivity contribution >= 4 is 5.88 Å². The molecule has 116 valence electrons. The number of rotatable bonds is 6. The molecule has 2 rings (SSSR count). The smallest absolute Gasteiger partial charge is 0.232 e. The summed E-state index contributed by atoms with van der Waals surface area (Å²) >= 11 is 0. The quantitative estimate of drug-likeness (QED) is 0.884. The van der Waals surface area contributed by atoms with Crippen LogP contribution >= 0.6 is 0 Å². The fraction of sp³-hybridized carbons (Fsp3) is 0.375. The molecule has 0 saturated carbocycles. The van der Waals surface area contributed by atoms with Crippen LogP contribution in [0.5, 0.6) is 5.75 Å². The molecule has 1 heterocycles. The predicted octanol–water partition coefficient (Wildman–Crippen LogP) is 2.58. The molecule has 0 amide bonds. The number of nitrogens with one attached hydrogen (secondary N) is 1. The molecule has 22 heavy (non-hydrogen) atoms. The summed E-state index contributed by atoms with van der Waals surface area (Å²) in [6.07, 6.45) is 0. The van der Waals surface area contributed by atoms with Crippen LogP contribution in [0.3, 0.4) is 0 Å². The maximum absolute atomic E-state index is 9.06. The lowest BCUT2D eigenvalue weighted by Crippen LogP contribution is -2.27. The van der Waals surface area contributed by atoms with Crippen molar-refractivity contribution in [1.29, 1.82) is 5.26 Å². The Morgan fingerprint density at radius 1 is 1.41 bits per heavy atom. The lowest BCUT2D eigenvalue weighted by molar-refractivity contribution is 0.298. The van der Waals surface area contributed by atoms with E-state index in [1.54, 1.807) is 14.0 Å². The number of hydrogen-bond donors (Lipinski definition) is 1. The number of oxazole rings is 1. The molecular formula is C16H20N4O2. The van der Waals surface area contributed by atoms with Crippen LogP contribution in [0.15, 0.2) is 28.7 Å². The lowest BCUT2D eigenvalue weighted by Gasteiger charge is -2.26. The van der Waals surface area contributed by atoms with E-state index in [1.807, 2.05) is 44.4 Å². The zero-order valence-electron chi connectivity index (χ0n) is 13.3. The number of para-hydroxylation sites is 1. The fourth-order valence-electron chi connectivity index (χ4n) is 2.32. The largest absolute Gasteiger partial charge is 0.496 e. The van der Waals surface area contributed by atoms with E-state index in [1.165, 1.54) is 0 Å². The van der Waals surface area contributed by atoms with E-state index >= 15 is 0 Å². The zero-order valence-corrected chi connectivity index (χ0v) is 13.3. The minimum Gasteiger partial charge on any atom is -0.496 e. The maximum Gasteiger partial charge on any atom is 0.232 e. The molecule has 0 aliphatic rings. The van der Waals surface area contributed by atoms with Gasteiger partial charge in [0.1, 0.15) is 11.8 Å². The van der Waals surface area contributed by atoms with Crippen LogP contribution in [-0.2, 0) is 0 Å². The van der Waals surface area contributed by atoms with E-state index in [9.17, 15) is 0 Å². The number of benzene rings is 1. The Labute approximate surface area is 130 Å². The highest BCUT2D eigenvalue weighted by molar-refractivity contribution is 5.46. The van der Waals surface area contributed by atoms with Gasteiger partial charge < -0.3 is 19.4 Å². The fourth-order valence-corrected chi connectivity index (χ4v) is 2.32. The molecule has 0 spiro atoms. The average Bonchev–Trinajstić information content (AvgIpc) is 2.87. The number of nitrogens with zero attached hydrogens (tertiary/aromatic N) is 3. The second-order valence-electron chi connectivity index (χ2n) is 5.12. The third-order valence-corrected chi connectivity index (χ3v) is 3.42. The average molecular weight is 300 g/mol. The highest BCUT2D eigenvalue weighted by Gasteiger charge is 2.19. The highest BCUT2D eigenvalue weighted by Crippen LogP contribution is 2.28. The van der Waals surface area contributed by atoms with Crippen LogP contribution in [-0.4, -0.2) is 37.6 Å². The Kier molecular flexibility index (Phi) is 5.02. The Morgan fingerprint density at radius 2 is 2.14 bits per heavy atom. The van der Waals surface area contributed by atoms with Gasteiger partial charge in [0.15, 0.2) is 5.89 Å². The Balaban J connectivity index is 2.21. The normalized spacial score (nSPS) is 12.0. The Morgan fingerprint density at radius 3 is 2.77 bits per heavy atom. The molecule has 0 saturated heterocycles. The molecule has 1 atom stereocenters. The monoisotopic (exact) mass is 300 g/mol. The summed E-state index contributed by atoms with van der Waals surface area (Å²) in [6, 6.07) is 9.97. The number of ether oxygens (including phenoxy) is 1. The van der Waals surface area contributed by atoms with Crippen molar-refractivity contribution in [2.45, 2.75) is 13.0 Å². The number of methoxy groups -OCH3 is 1. The molecule has 0 fully saturated rings. The molecule has 6 heteroatoms. The van der Waals surface area contributed by atoms with Gasteiger partial charge in [-0.05, 0) is 20.2 Å². The molecule has 1 aromatic heterocycles. The molecule has 1 N–H and O–H groups in total. The SMILES string of the molecule is COc1ccccc1[C@@H](CNc1oc(C)nc1C#N)N(C)C. The van der Waals surface area contributed by atoms with E-state index in [-0.39, 0.29) is 11.7 Å². The van der Waals surface area contributed by atoms with Crippen molar-refractivity contribution in [3.63, 3.8) is 0 Å². The molecule has 6 nitrogen and oxygen atoms in total. The third kappa shape index (κ3) is 3.38. The van der Waals surface area contributed by atoms with Gasteiger partial charge in [-0.25, -0.2) is 4.98 Å². The summed E-state index contributed by atoms with van der Waals surface area (Å²) < 4.78 is 10.9. The van der Waals surface area contributed by atoms with E-state index in [0.29, 0.717) is 18.3 Å². The van der Waals surface area contributed by atoms with E-state index in [0.717, 1.165) is 11.3 Å². The van der Waals surface area contributed by atoms with Crippen LogP contribution in [0.25, 0.3) is 0 Å². The van der Waals surface area contributed by atoms with Crippen LogP contribution in [0.2, 0.25) is 0 Å². The van der Waals surface area contributed by atoms with Crippen molar-refractivity contribution in [3.05, 3.63) is 41.4 Å². The first-order valence-corrected chi connectivity index (χ1v) is 6.97. The van der Waals surface area contributed by atoms with Crippen molar-refractivity contribution in [3.8, 4) is 11.8 Å². The summed E-state index contributed by atoms with van der Waals surface area (Å²) in [7, 11) is 5.65. The first-order valence-electron chi connectivity index (χ1n) is 6.97. The first-order chi connectivity index (χ1) is 10.6. The molecule has 2 aromatic rings. The van der Waals surface area contributed by atoms with Crippen LogP contribution in [0.4, 0.5) is 5.88 Å². The third-order valence-electron chi connectivity index (χ3n) is 3.42.